The van der Waals surface area contributed by atoms with Gasteiger partial charge in [-0.2, -0.15) is 5.10 Å². The van der Waals surface area contributed by atoms with Crippen LogP contribution >= 0.6 is 0 Å². The average Bonchev–Trinajstić information content (AvgIpc) is 2.59. The first-order valence-corrected chi connectivity index (χ1v) is 7.42. The van der Waals surface area contributed by atoms with Crippen LogP contribution in [0.2, 0.25) is 0 Å². The van der Waals surface area contributed by atoms with E-state index in [2.05, 4.69) is 15.5 Å². The molecule has 8 nitrogen and oxygen atoms in total. The average molecular weight is 335 g/mol. The van der Waals surface area contributed by atoms with Crippen LogP contribution in [0.1, 0.15) is 5.56 Å². The van der Waals surface area contributed by atoms with Crippen molar-refractivity contribution in [1.29, 1.82) is 0 Å². The molecule has 2 aromatic rings. The van der Waals surface area contributed by atoms with E-state index in [1.165, 1.54) is 0 Å². The highest BCUT2D eigenvalue weighted by molar-refractivity contribution is 5.83. The second kappa shape index (κ2) is 8.13. The fraction of sp³-hybridized carbons (Fsp3) is 0.375. The van der Waals surface area contributed by atoms with Crippen molar-refractivity contribution in [3.05, 3.63) is 35.9 Å². The van der Waals surface area contributed by atoms with Gasteiger partial charge in [-0.1, -0.05) is 18.2 Å². The van der Waals surface area contributed by atoms with E-state index in [4.69, 9.17) is 5.11 Å². The third-order valence-electron chi connectivity index (χ3n) is 3.61. The summed E-state index contributed by atoms with van der Waals surface area (Å²) in [7, 11) is 0. The Hall–Kier alpha value is -2.10. The molecule has 2 rings (SSSR count). The molecule has 0 aliphatic carbocycles. The second-order valence-corrected chi connectivity index (χ2v) is 5.45. The number of rotatable bonds is 7. The van der Waals surface area contributed by atoms with Crippen LogP contribution in [-0.4, -0.2) is 67.8 Å². The van der Waals surface area contributed by atoms with Crippen LogP contribution in [0.5, 0.6) is 0 Å². The lowest BCUT2D eigenvalue weighted by Crippen LogP contribution is -2.46. The number of anilines is 1. The SMILES string of the molecule is Cc1cc(N/N=C/C(O)C(O)C(O)C(O)CO)nc2ccccc12. The quantitative estimate of drug-likeness (QED) is 0.293. The van der Waals surface area contributed by atoms with E-state index in [9.17, 15) is 20.4 Å². The van der Waals surface area contributed by atoms with Gasteiger partial charge in [0.2, 0.25) is 0 Å². The van der Waals surface area contributed by atoms with Gasteiger partial charge in [-0.25, -0.2) is 4.98 Å². The minimum Gasteiger partial charge on any atom is -0.394 e. The lowest BCUT2D eigenvalue weighted by atomic mass is 10.0. The van der Waals surface area contributed by atoms with Crippen LogP contribution in [0.3, 0.4) is 0 Å². The van der Waals surface area contributed by atoms with Crippen LogP contribution in [-0.2, 0) is 0 Å². The number of hydrazone groups is 1. The maximum Gasteiger partial charge on any atom is 0.147 e. The van der Waals surface area contributed by atoms with Gasteiger partial charge in [0.1, 0.15) is 30.2 Å². The molecule has 0 saturated heterocycles. The first kappa shape index (κ1) is 18.2. The number of nitrogens with zero attached hydrogens (tertiary/aromatic N) is 2. The number of pyridine rings is 1. The zero-order valence-electron chi connectivity index (χ0n) is 13.1. The lowest BCUT2D eigenvalue weighted by Gasteiger charge is -2.23. The first-order chi connectivity index (χ1) is 11.4. The number of para-hydroxylation sites is 1. The Balaban J connectivity index is 2.03. The summed E-state index contributed by atoms with van der Waals surface area (Å²) in [5.74, 6) is 0.458. The third-order valence-corrected chi connectivity index (χ3v) is 3.61. The van der Waals surface area contributed by atoms with E-state index in [0.29, 0.717) is 5.82 Å². The summed E-state index contributed by atoms with van der Waals surface area (Å²) < 4.78 is 0. The van der Waals surface area contributed by atoms with Crippen LogP contribution in [0.4, 0.5) is 5.82 Å². The molecule has 0 fully saturated rings. The molecule has 24 heavy (non-hydrogen) atoms. The number of aromatic nitrogens is 1. The van der Waals surface area contributed by atoms with Gasteiger partial charge in [0.25, 0.3) is 0 Å². The molecular weight excluding hydrogens is 314 g/mol. The van der Waals surface area contributed by atoms with Crippen LogP contribution in [0, 0.1) is 6.92 Å². The number of nitrogens with one attached hydrogen (secondary N) is 1. The first-order valence-electron chi connectivity index (χ1n) is 7.42. The predicted octanol–water partition coefficient (Wildman–Crippen LogP) is -0.623. The summed E-state index contributed by atoms with van der Waals surface area (Å²) in [5, 5.41) is 51.7. The van der Waals surface area contributed by atoms with Crippen molar-refractivity contribution in [3.63, 3.8) is 0 Å². The van der Waals surface area contributed by atoms with Gasteiger partial charge in [0.05, 0.1) is 18.3 Å². The zero-order valence-corrected chi connectivity index (χ0v) is 13.1. The molecule has 1 aromatic heterocycles. The third kappa shape index (κ3) is 4.25. The van der Waals surface area contributed by atoms with Crippen molar-refractivity contribution in [1.82, 2.24) is 4.98 Å². The molecule has 1 heterocycles. The molecule has 4 atom stereocenters. The number of fused-ring (bicyclic) bond motifs is 1. The number of benzene rings is 1. The monoisotopic (exact) mass is 335 g/mol. The molecule has 0 aliphatic heterocycles. The molecule has 0 aliphatic rings. The number of hydrogen-bond acceptors (Lipinski definition) is 8. The summed E-state index contributed by atoms with van der Waals surface area (Å²) in [6.45, 7) is 1.20. The number of aliphatic hydroxyl groups excluding tert-OH is 5. The molecule has 0 saturated carbocycles. The Labute approximate surface area is 138 Å². The van der Waals surface area contributed by atoms with E-state index < -0.39 is 31.0 Å². The van der Waals surface area contributed by atoms with Gasteiger partial charge in [-0.3, -0.25) is 5.43 Å². The number of hydrogen-bond donors (Lipinski definition) is 6. The van der Waals surface area contributed by atoms with Gasteiger partial charge >= 0.3 is 0 Å². The molecule has 0 spiro atoms. The van der Waals surface area contributed by atoms with E-state index in [1.807, 2.05) is 31.2 Å². The van der Waals surface area contributed by atoms with Crippen molar-refractivity contribution in [3.8, 4) is 0 Å². The number of aliphatic hydroxyl groups is 5. The van der Waals surface area contributed by atoms with Gasteiger partial charge in [-0.05, 0) is 24.6 Å². The van der Waals surface area contributed by atoms with E-state index in [-0.39, 0.29) is 0 Å². The molecule has 130 valence electrons. The van der Waals surface area contributed by atoms with E-state index >= 15 is 0 Å². The minimum atomic E-state index is -1.70. The lowest BCUT2D eigenvalue weighted by molar-refractivity contribution is -0.0999. The highest BCUT2D eigenvalue weighted by Crippen LogP contribution is 2.19. The van der Waals surface area contributed by atoms with Crippen molar-refractivity contribution in [2.45, 2.75) is 31.3 Å². The fourth-order valence-corrected chi connectivity index (χ4v) is 2.21. The molecule has 1 aromatic carbocycles. The Kier molecular flexibility index (Phi) is 6.18. The van der Waals surface area contributed by atoms with Gasteiger partial charge in [0.15, 0.2) is 0 Å². The smallest absolute Gasteiger partial charge is 0.147 e. The minimum absolute atomic E-state index is 0.458. The zero-order chi connectivity index (χ0) is 17.7. The highest BCUT2D eigenvalue weighted by Gasteiger charge is 2.29. The maximum atomic E-state index is 9.72. The van der Waals surface area contributed by atoms with E-state index in [0.717, 1.165) is 22.7 Å². The van der Waals surface area contributed by atoms with Gasteiger partial charge in [-0.15, -0.1) is 0 Å². The molecular formula is C16H21N3O5. The largest absolute Gasteiger partial charge is 0.394 e. The van der Waals surface area contributed by atoms with Crippen molar-refractivity contribution in [2.24, 2.45) is 5.10 Å². The summed E-state index contributed by atoms with van der Waals surface area (Å²) in [5.41, 5.74) is 4.43. The fourth-order valence-electron chi connectivity index (χ4n) is 2.21. The van der Waals surface area contributed by atoms with Crippen LogP contribution in [0.15, 0.2) is 35.4 Å². The Bertz CT molecular complexity index is 709. The maximum absolute atomic E-state index is 9.72. The van der Waals surface area contributed by atoms with E-state index in [1.54, 1.807) is 6.07 Å². The van der Waals surface area contributed by atoms with Crippen molar-refractivity contribution in [2.75, 3.05) is 12.0 Å². The van der Waals surface area contributed by atoms with Crippen molar-refractivity contribution >= 4 is 22.9 Å². The van der Waals surface area contributed by atoms with Crippen LogP contribution < -0.4 is 5.43 Å². The normalized spacial score (nSPS) is 16.9. The summed E-state index contributed by atoms with van der Waals surface area (Å²) in [6, 6.07) is 9.40. The highest BCUT2D eigenvalue weighted by atomic mass is 16.4. The van der Waals surface area contributed by atoms with Crippen molar-refractivity contribution < 1.29 is 25.5 Å². The summed E-state index contributed by atoms with van der Waals surface area (Å²) in [4.78, 5) is 4.36. The molecule has 0 bridgehead atoms. The van der Waals surface area contributed by atoms with Crippen LogP contribution in [0.25, 0.3) is 10.9 Å². The Morgan fingerprint density at radius 1 is 1.17 bits per heavy atom. The summed E-state index contributed by atoms with van der Waals surface area (Å²) >= 11 is 0. The molecule has 0 amide bonds. The molecule has 4 unspecified atom stereocenters. The predicted molar refractivity (Wildman–Crippen MR) is 89.7 cm³/mol. The van der Waals surface area contributed by atoms with Gasteiger partial charge in [0, 0.05) is 5.39 Å². The molecule has 6 N–H and O–H groups in total. The molecule has 8 heteroatoms. The second-order valence-electron chi connectivity index (χ2n) is 5.45. The molecule has 0 radical (unpaired) electrons. The number of aryl methyl sites for hydroxylation is 1. The Morgan fingerprint density at radius 3 is 2.58 bits per heavy atom. The summed E-state index contributed by atoms with van der Waals surface area (Å²) in [6.07, 6.45) is -5.50. The van der Waals surface area contributed by atoms with Gasteiger partial charge < -0.3 is 25.5 Å². The standard InChI is InChI=1S/C16H21N3O5/c1-9-6-14(18-11-5-3-2-4-10(9)11)19-17-7-12(21)15(23)16(24)13(22)8-20/h2-7,12-13,15-16,20-24H,8H2,1H3,(H,18,19)/b17-7+. The topological polar surface area (TPSA) is 138 Å². The Morgan fingerprint density at radius 2 is 1.88 bits per heavy atom.